The molecule has 0 fully saturated rings. The Morgan fingerprint density at radius 1 is 1.38 bits per heavy atom. The van der Waals surface area contributed by atoms with Crippen molar-refractivity contribution in [3.05, 3.63) is 34.9 Å². The summed E-state index contributed by atoms with van der Waals surface area (Å²) in [5.41, 5.74) is 3.04. The fraction of sp³-hybridized carbons (Fsp3) is 0.364. The number of benzene rings is 1. The Morgan fingerprint density at radius 2 is 2.15 bits per heavy atom. The molecular formula is C11H12O2. The van der Waals surface area contributed by atoms with E-state index in [0.717, 1.165) is 11.1 Å². The summed E-state index contributed by atoms with van der Waals surface area (Å²) in [6, 6.07) is 5.81. The normalized spacial score (nSPS) is 14.5. The number of cyclic esters (lactones) is 1. The molecule has 0 atom stereocenters. The van der Waals surface area contributed by atoms with Crippen LogP contribution < -0.4 is 0 Å². The first kappa shape index (κ1) is 8.30. The van der Waals surface area contributed by atoms with E-state index in [1.807, 2.05) is 12.1 Å². The Morgan fingerprint density at radius 3 is 2.85 bits per heavy atom. The smallest absolute Gasteiger partial charge is 0.338 e. The molecule has 1 aliphatic heterocycles. The summed E-state index contributed by atoms with van der Waals surface area (Å²) >= 11 is 0. The van der Waals surface area contributed by atoms with Crippen molar-refractivity contribution >= 4 is 5.97 Å². The lowest BCUT2D eigenvalue weighted by Gasteiger charge is -2.08. The van der Waals surface area contributed by atoms with E-state index in [0.29, 0.717) is 12.5 Å². The second kappa shape index (κ2) is 2.87. The molecule has 68 valence electrons. The summed E-state index contributed by atoms with van der Waals surface area (Å²) in [7, 11) is 0. The molecule has 1 heterocycles. The molecule has 0 radical (unpaired) electrons. The van der Waals surface area contributed by atoms with Crippen molar-refractivity contribution in [1.29, 1.82) is 0 Å². The van der Waals surface area contributed by atoms with E-state index < -0.39 is 0 Å². The van der Waals surface area contributed by atoms with Gasteiger partial charge in [0.05, 0.1) is 5.56 Å². The Kier molecular flexibility index (Phi) is 1.83. The van der Waals surface area contributed by atoms with Gasteiger partial charge < -0.3 is 4.74 Å². The highest BCUT2D eigenvalue weighted by molar-refractivity contribution is 5.93. The van der Waals surface area contributed by atoms with E-state index in [9.17, 15) is 4.79 Å². The van der Waals surface area contributed by atoms with Crippen molar-refractivity contribution in [2.75, 3.05) is 0 Å². The minimum atomic E-state index is -0.183. The van der Waals surface area contributed by atoms with Crippen LogP contribution >= 0.6 is 0 Å². The van der Waals surface area contributed by atoms with Gasteiger partial charge in [0.15, 0.2) is 0 Å². The highest BCUT2D eigenvalue weighted by Crippen LogP contribution is 2.28. The quantitative estimate of drug-likeness (QED) is 0.614. The molecule has 0 saturated carbocycles. The zero-order valence-corrected chi connectivity index (χ0v) is 7.83. The number of hydrogen-bond acceptors (Lipinski definition) is 2. The van der Waals surface area contributed by atoms with Gasteiger partial charge in [-0.2, -0.15) is 0 Å². The number of esters is 1. The van der Waals surface area contributed by atoms with E-state index in [1.165, 1.54) is 5.56 Å². The van der Waals surface area contributed by atoms with Gasteiger partial charge in [-0.1, -0.05) is 26.0 Å². The minimum absolute atomic E-state index is 0.183. The molecule has 0 spiro atoms. The number of ether oxygens (including phenoxy) is 1. The zero-order valence-electron chi connectivity index (χ0n) is 7.83. The number of rotatable bonds is 1. The summed E-state index contributed by atoms with van der Waals surface area (Å²) in [6.07, 6.45) is 0. The monoisotopic (exact) mass is 176 g/mol. The molecule has 2 rings (SSSR count). The second-order valence-corrected chi connectivity index (χ2v) is 3.60. The van der Waals surface area contributed by atoms with Gasteiger partial charge in [0.1, 0.15) is 6.61 Å². The Balaban J connectivity index is 2.57. The van der Waals surface area contributed by atoms with Crippen LogP contribution in [0.1, 0.15) is 41.3 Å². The van der Waals surface area contributed by atoms with Crippen molar-refractivity contribution in [1.82, 2.24) is 0 Å². The first-order valence-electron chi connectivity index (χ1n) is 4.49. The maximum atomic E-state index is 11.2. The largest absolute Gasteiger partial charge is 0.457 e. The van der Waals surface area contributed by atoms with E-state index >= 15 is 0 Å². The minimum Gasteiger partial charge on any atom is -0.457 e. The van der Waals surface area contributed by atoms with E-state index in [4.69, 9.17) is 4.74 Å². The molecule has 1 aromatic rings. The molecule has 1 aromatic carbocycles. The molecular weight excluding hydrogens is 164 g/mol. The van der Waals surface area contributed by atoms with Gasteiger partial charge in [-0.15, -0.1) is 0 Å². The van der Waals surface area contributed by atoms with Crippen LogP contribution in [0.2, 0.25) is 0 Å². The van der Waals surface area contributed by atoms with Crippen LogP contribution in [-0.4, -0.2) is 5.97 Å². The van der Waals surface area contributed by atoms with Gasteiger partial charge in [-0.05, 0) is 17.5 Å². The van der Waals surface area contributed by atoms with Crippen molar-refractivity contribution in [2.24, 2.45) is 0 Å². The summed E-state index contributed by atoms with van der Waals surface area (Å²) in [5.74, 6) is 0.266. The Labute approximate surface area is 77.5 Å². The zero-order chi connectivity index (χ0) is 9.42. The molecule has 13 heavy (non-hydrogen) atoms. The summed E-state index contributed by atoms with van der Waals surface area (Å²) in [6.45, 7) is 4.69. The standard InChI is InChI=1S/C11H12O2/c1-7(2)8-4-3-5-9-10(8)6-13-11(9)12/h3-5,7H,6H2,1-2H3. The maximum absolute atomic E-state index is 11.2. The van der Waals surface area contributed by atoms with Crippen LogP contribution in [-0.2, 0) is 11.3 Å². The number of hydrogen-bond donors (Lipinski definition) is 0. The highest BCUT2D eigenvalue weighted by Gasteiger charge is 2.23. The molecule has 0 saturated heterocycles. The third kappa shape index (κ3) is 1.22. The van der Waals surface area contributed by atoms with Crippen LogP contribution in [0.5, 0.6) is 0 Å². The molecule has 1 aliphatic rings. The van der Waals surface area contributed by atoms with Gasteiger partial charge in [-0.3, -0.25) is 0 Å². The summed E-state index contributed by atoms with van der Waals surface area (Å²) < 4.78 is 4.98. The molecule has 0 unspecified atom stereocenters. The van der Waals surface area contributed by atoms with Gasteiger partial charge >= 0.3 is 5.97 Å². The number of fused-ring (bicyclic) bond motifs is 1. The lowest BCUT2D eigenvalue weighted by molar-refractivity contribution is 0.0534. The second-order valence-electron chi connectivity index (χ2n) is 3.60. The van der Waals surface area contributed by atoms with Gasteiger partial charge in [0, 0.05) is 5.56 Å². The molecule has 0 aliphatic carbocycles. The first-order valence-corrected chi connectivity index (χ1v) is 4.49. The van der Waals surface area contributed by atoms with Crippen molar-refractivity contribution in [3.63, 3.8) is 0 Å². The maximum Gasteiger partial charge on any atom is 0.338 e. The molecule has 0 amide bonds. The van der Waals surface area contributed by atoms with Gasteiger partial charge in [0.2, 0.25) is 0 Å². The lowest BCUT2D eigenvalue weighted by Crippen LogP contribution is -1.96. The molecule has 2 nitrogen and oxygen atoms in total. The topological polar surface area (TPSA) is 26.3 Å². The van der Waals surface area contributed by atoms with Crippen molar-refractivity contribution < 1.29 is 9.53 Å². The Bertz CT molecular complexity index is 353. The summed E-state index contributed by atoms with van der Waals surface area (Å²) in [5, 5.41) is 0. The Hall–Kier alpha value is -1.31. The third-order valence-electron chi connectivity index (χ3n) is 2.40. The van der Waals surface area contributed by atoms with Crippen molar-refractivity contribution in [3.8, 4) is 0 Å². The van der Waals surface area contributed by atoms with Crippen LogP contribution in [0.15, 0.2) is 18.2 Å². The van der Waals surface area contributed by atoms with E-state index in [1.54, 1.807) is 0 Å². The van der Waals surface area contributed by atoms with Crippen LogP contribution in [0.25, 0.3) is 0 Å². The third-order valence-corrected chi connectivity index (χ3v) is 2.40. The number of carbonyl (C=O) groups is 1. The van der Waals surface area contributed by atoms with Crippen LogP contribution in [0, 0.1) is 0 Å². The van der Waals surface area contributed by atoms with Gasteiger partial charge in [-0.25, -0.2) is 4.79 Å². The molecule has 0 N–H and O–H groups in total. The average molecular weight is 176 g/mol. The fourth-order valence-corrected chi connectivity index (χ4v) is 1.71. The molecule has 0 bridgehead atoms. The lowest BCUT2D eigenvalue weighted by atomic mass is 9.95. The van der Waals surface area contributed by atoms with Gasteiger partial charge in [0.25, 0.3) is 0 Å². The highest BCUT2D eigenvalue weighted by atomic mass is 16.5. The van der Waals surface area contributed by atoms with Crippen LogP contribution in [0.3, 0.4) is 0 Å². The predicted molar refractivity (Wildman–Crippen MR) is 49.7 cm³/mol. The summed E-state index contributed by atoms with van der Waals surface area (Å²) in [4.78, 5) is 11.2. The van der Waals surface area contributed by atoms with E-state index in [2.05, 4.69) is 19.9 Å². The molecule has 2 heteroatoms. The predicted octanol–water partition coefficient (Wildman–Crippen LogP) is 2.48. The average Bonchev–Trinajstić information content (AvgIpc) is 2.48. The SMILES string of the molecule is CC(C)c1cccc2c1COC2=O. The first-order chi connectivity index (χ1) is 6.20. The number of carbonyl (C=O) groups excluding carboxylic acids is 1. The van der Waals surface area contributed by atoms with Crippen LogP contribution in [0.4, 0.5) is 0 Å². The fourth-order valence-electron chi connectivity index (χ4n) is 1.71. The molecule has 0 aromatic heterocycles. The van der Waals surface area contributed by atoms with E-state index in [-0.39, 0.29) is 5.97 Å². The van der Waals surface area contributed by atoms with Crippen molar-refractivity contribution in [2.45, 2.75) is 26.4 Å².